The van der Waals surface area contributed by atoms with Gasteiger partial charge in [-0.2, -0.15) is 0 Å². The Balaban J connectivity index is -0.000000162. The lowest BCUT2D eigenvalue weighted by Crippen LogP contribution is -2.15. The Morgan fingerprint density at radius 2 is 1.00 bits per heavy atom. The lowest BCUT2D eigenvalue weighted by molar-refractivity contribution is 0.0450. The third-order valence-electron chi connectivity index (χ3n) is 0.843. The average molecular weight is 245 g/mol. The van der Waals surface area contributed by atoms with E-state index >= 15 is 0 Å². The second-order valence-corrected chi connectivity index (χ2v) is 2.38. The van der Waals surface area contributed by atoms with Crippen molar-refractivity contribution in [1.29, 1.82) is 0 Å². The van der Waals surface area contributed by atoms with Gasteiger partial charge in [-0.3, -0.25) is 0 Å². The molecule has 0 aromatic heterocycles. The molecule has 0 aliphatic heterocycles. The summed E-state index contributed by atoms with van der Waals surface area (Å²) in [4.78, 5) is 8.78. The van der Waals surface area contributed by atoms with Crippen molar-refractivity contribution >= 4 is 6.09 Å². The predicted octanol–water partition coefficient (Wildman–Crippen LogP) is -3.71. The van der Waals surface area contributed by atoms with Crippen LogP contribution in [0.15, 0.2) is 0 Å². The number of hydrogen-bond acceptors (Lipinski definition) is 7. The summed E-state index contributed by atoms with van der Waals surface area (Å²) < 4.78 is 0. The van der Waals surface area contributed by atoms with E-state index < -0.39 is 18.3 Å². The van der Waals surface area contributed by atoms with Crippen LogP contribution >= 0.6 is 0 Å². The highest BCUT2D eigenvalue weighted by Crippen LogP contribution is 1.72. The molecule has 9 N–H and O–H groups in total. The Morgan fingerprint density at radius 1 is 0.875 bits per heavy atom. The maximum absolute atomic E-state index is 8.78. The molecule has 0 aliphatic rings. The Hall–Kier alpha value is -0.970. The Morgan fingerprint density at radius 3 is 1.00 bits per heavy atom. The summed E-state index contributed by atoms with van der Waals surface area (Å²) in [6, 6.07) is 0. The molecule has 0 aromatic rings. The van der Waals surface area contributed by atoms with Crippen LogP contribution in [0.5, 0.6) is 0 Å². The number of amides is 1. The minimum atomic E-state index is -1.33. The first-order valence-corrected chi connectivity index (χ1v) is 4.13. The minimum absolute atomic E-state index is 0.365. The van der Waals surface area contributed by atoms with Crippen LogP contribution < -0.4 is 5.73 Å². The molecule has 0 atom stereocenters. The van der Waals surface area contributed by atoms with Crippen molar-refractivity contribution in [2.45, 2.75) is 12.2 Å². The molecule has 1 amide bonds. The third kappa shape index (κ3) is 38.2. The zero-order chi connectivity index (χ0) is 13.6. The van der Waals surface area contributed by atoms with E-state index in [-0.39, 0.29) is 26.4 Å². The molecule has 0 saturated carbocycles. The summed E-state index contributed by atoms with van der Waals surface area (Å²) in [7, 11) is 0. The summed E-state index contributed by atoms with van der Waals surface area (Å²) in [5.41, 5.74) is 4.03. The van der Waals surface area contributed by atoms with Crippen LogP contribution in [0.1, 0.15) is 0 Å². The number of nitrogens with two attached hydrogens (primary N) is 1. The topological polar surface area (TPSA) is 185 Å². The Kier molecular flexibility index (Phi) is 21.0. The van der Waals surface area contributed by atoms with Gasteiger partial charge in [-0.1, -0.05) is 0 Å². The van der Waals surface area contributed by atoms with Gasteiger partial charge in [-0.15, -0.1) is 0 Å². The van der Waals surface area contributed by atoms with E-state index in [1.54, 1.807) is 0 Å². The SMILES string of the molecule is NC(=O)O.OCC(O)CO.OCC(O)CO. The number of carboxylic acid groups (broad SMARTS) is 1. The molecule has 0 saturated heterocycles. The van der Waals surface area contributed by atoms with Crippen LogP contribution in [0.25, 0.3) is 0 Å². The first kappa shape index (κ1) is 20.4. The van der Waals surface area contributed by atoms with Gasteiger partial charge >= 0.3 is 6.09 Å². The van der Waals surface area contributed by atoms with Gasteiger partial charge in [0.15, 0.2) is 0 Å². The fourth-order valence-electron chi connectivity index (χ4n) is 0.115. The molecular weight excluding hydrogens is 226 g/mol. The minimum Gasteiger partial charge on any atom is -0.465 e. The molecular formula is C7H19NO8. The van der Waals surface area contributed by atoms with Gasteiger partial charge in [0.2, 0.25) is 0 Å². The van der Waals surface area contributed by atoms with Gasteiger partial charge in [-0.05, 0) is 0 Å². The molecule has 0 aromatic carbocycles. The van der Waals surface area contributed by atoms with Crippen LogP contribution in [0, 0.1) is 0 Å². The first-order valence-electron chi connectivity index (χ1n) is 4.13. The molecule has 100 valence electrons. The van der Waals surface area contributed by atoms with Gasteiger partial charge in [-0.25, -0.2) is 4.79 Å². The maximum atomic E-state index is 8.78. The van der Waals surface area contributed by atoms with Gasteiger partial charge in [0.1, 0.15) is 12.2 Å². The zero-order valence-electron chi connectivity index (χ0n) is 8.60. The van der Waals surface area contributed by atoms with E-state index in [0.29, 0.717) is 0 Å². The lowest BCUT2D eigenvalue weighted by Gasteiger charge is -1.96. The smallest absolute Gasteiger partial charge is 0.402 e. The van der Waals surface area contributed by atoms with Gasteiger partial charge in [0, 0.05) is 0 Å². The number of aliphatic hydroxyl groups is 6. The van der Waals surface area contributed by atoms with E-state index in [9.17, 15) is 0 Å². The van der Waals surface area contributed by atoms with Crippen molar-refractivity contribution in [1.82, 2.24) is 0 Å². The molecule has 0 rings (SSSR count). The summed E-state index contributed by atoms with van der Waals surface area (Å²) in [6.07, 6.45) is -3.24. The number of hydrogen-bond donors (Lipinski definition) is 8. The molecule has 9 nitrogen and oxygen atoms in total. The lowest BCUT2D eigenvalue weighted by atomic mass is 10.4. The van der Waals surface area contributed by atoms with Crippen LogP contribution in [-0.4, -0.2) is 80.5 Å². The molecule has 0 unspecified atom stereocenters. The normalized spacial score (nSPS) is 9.00. The van der Waals surface area contributed by atoms with Crippen LogP contribution in [0.4, 0.5) is 4.79 Å². The molecule has 0 radical (unpaired) electrons. The number of primary amides is 1. The predicted molar refractivity (Wildman–Crippen MR) is 52.6 cm³/mol. The van der Waals surface area contributed by atoms with E-state index in [1.807, 2.05) is 0 Å². The summed E-state index contributed by atoms with van der Waals surface area (Å²) in [6.45, 7) is -1.46. The summed E-state index contributed by atoms with van der Waals surface area (Å²) in [5, 5.41) is 55.2. The number of carbonyl (C=O) groups is 1. The highest BCUT2D eigenvalue weighted by atomic mass is 16.4. The molecule has 0 aliphatic carbocycles. The van der Waals surface area contributed by atoms with Crippen molar-refractivity contribution < 1.29 is 40.5 Å². The summed E-state index contributed by atoms with van der Waals surface area (Å²) >= 11 is 0. The Labute approximate surface area is 92.0 Å². The second kappa shape index (κ2) is 16.5. The van der Waals surface area contributed by atoms with E-state index in [0.717, 1.165) is 0 Å². The molecule has 0 bridgehead atoms. The fraction of sp³-hybridized carbons (Fsp3) is 0.857. The summed E-state index contributed by atoms with van der Waals surface area (Å²) in [5.74, 6) is 0. The molecule has 16 heavy (non-hydrogen) atoms. The maximum Gasteiger partial charge on any atom is 0.402 e. The van der Waals surface area contributed by atoms with Gasteiger partial charge in [0.25, 0.3) is 0 Å². The van der Waals surface area contributed by atoms with Crippen molar-refractivity contribution in [3.63, 3.8) is 0 Å². The largest absolute Gasteiger partial charge is 0.465 e. The Bertz CT molecular complexity index is 122. The van der Waals surface area contributed by atoms with Gasteiger partial charge in [0.05, 0.1) is 26.4 Å². The van der Waals surface area contributed by atoms with E-state index in [2.05, 4.69) is 5.73 Å². The van der Waals surface area contributed by atoms with Crippen LogP contribution in [0.3, 0.4) is 0 Å². The van der Waals surface area contributed by atoms with Crippen molar-refractivity contribution in [2.75, 3.05) is 26.4 Å². The monoisotopic (exact) mass is 245 g/mol. The van der Waals surface area contributed by atoms with Gasteiger partial charge < -0.3 is 41.5 Å². The van der Waals surface area contributed by atoms with E-state index in [1.165, 1.54) is 0 Å². The molecule has 0 heterocycles. The number of rotatable bonds is 4. The van der Waals surface area contributed by atoms with Crippen LogP contribution in [-0.2, 0) is 0 Å². The highest BCUT2D eigenvalue weighted by Gasteiger charge is 1.94. The zero-order valence-corrected chi connectivity index (χ0v) is 8.60. The average Bonchev–Trinajstić information content (AvgIpc) is 2.26. The van der Waals surface area contributed by atoms with Crippen molar-refractivity contribution in [2.24, 2.45) is 5.73 Å². The van der Waals surface area contributed by atoms with Crippen molar-refractivity contribution in [3.8, 4) is 0 Å². The van der Waals surface area contributed by atoms with Crippen LogP contribution in [0.2, 0.25) is 0 Å². The van der Waals surface area contributed by atoms with Crippen molar-refractivity contribution in [3.05, 3.63) is 0 Å². The van der Waals surface area contributed by atoms with E-state index in [4.69, 9.17) is 40.5 Å². The standard InChI is InChI=1S/2C3H8O3.CH3NO2/c2*4-1-3(6)2-5;2-1(3)4/h2*3-6H,1-2H2;2H2,(H,3,4). The fourth-order valence-corrected chi connectivity index (χ4v) is 0.115. The third-order valence-corrected chi connectivity index (χ3v) is 0.843. The molecule has 0 fully saturated rings. The number of aliphatic hydroxyl groups excluding tert-OH is 6. The highest BCUT2D eigenvalue weighted by molar-refractivity contribution is 5.61. The molecule has 9 heteroatoms. The first-order chi connectivity index (χ1) is 7.35. The quantitative estimate of drug-likeness (QED) is 0.248. The molecule has 0 spiro atoms. The second-order valence-electron chi connectivity index (χ2n) is 2.38.